The van der Waals surface area contributed by atoms with Gasteiger partial charge in [0.2, 0.25) is 0 Å². The number of carboxylic acid groups (broad SMARTS) is 1. The Morgan fingerprint density at radius 2 is 2.19 bits per heavy atom. The van der Waals surface area contributed by atoms with E-state index in [0.29, 0.717) is 6.04 Å². The molecule has 1 atom stereocenters. The summed E-state index contributed by atoms with van der Waals surface area (Å²) in [7, 11) is 0. The molecule has 0 saturated carbocycles. The third-order valence-corrected chi connectivity index (χ3v) is 4.31. The van der Waals surface area contributed by atoms with Gasteiger partial charge in [0.25, 0.3) is 0 Å². The molecule has 3 rings (SSSR count). The minimum absolute atomic E-state index is 0.129. The van der Waals surface area contributed by atoms with Crippen LogP contribution in [0.2, 0.25) is 0 Å². The summed E-state index contributed by atoms with van der Waals surface area (Å²) in [5.74, 6) is -0.135. The van der Waals surface area contributed by atoms with Gasteiger partial charge in [-0.15, -0.1) is 0 Å². The quantitative estimate of drug-likeness (QED) is 0.933. The molecule has 2 heterocycles. The maximum atomic E-state index is 11.3. The number of rotatable bonds is 3. The molecule has 0 aliphatic carbocycles. The van der Waals surface area contributed by atoms with Gasteiger partial charge in [0.15, 0.2) is 5.69 Å². The summed E-state index contributed by atoms with van der Waals surface area (Å²) >= 11 is 0. The predicted octanol–water partition coefficient (Wildman–Crippen LogP) is 3.70. The lowest BCUT2D eigenvalue weighted by molar-refractivity contribution is 0.0691. The van der Waals surface area contributed by atoms with Crippen molar-refractivity contribution >= 4 is 22.6 Å². The van der Waals surface area contributed by atoms with Crippen LogP contribution in [0.1, 0.15) is 43.1 Å². The average molecular weight is 284 g/mol. The first kappa shape index (κ1) is 13.9. The normalized spacial score (nSPS) is 18.9. The van der Waals surface area contributed by atoms with Crippen molar-refractivity contribution in [3.05, 3.63) is 36.0 Å². The average Bonchev–Trinajstić information content (AvgIpc) is 2.53. The molecule has 1 N–H and O–H groups in total. The zero-order valence-electron chi connectivity index (χ0n) is 12.2. The van der Waals surface area contributed by atoms with Gasteiger partial charge in [0.05, 0.1) is 0 Å². The molecule has 2 aromatic rings. The summed E-state index contributed by atoms with van der Waals surface area (Å²) in [6, 6.07) is 10.0. The van der Waals surface area contributed by atoms with Gasteiger partial charge in [-0.25, -0.2) is 9.78 Å². The molecule has 110 valence electrons. The van der Waals surface area contributed by atoms with E-state index >= 15 is 0 Å². The number of carboxylic acids is 1. The number of benzene rings is 1. The summed E-state index contributed by atoms with van der Waals surface area (Å²) in [5, 5.41) is 11.3. The molecular formula is C17H20N2O2. The van der Waals surface area contributed by atoms with Gasteiger partial charge in [-0.2, -0.15) is 0 Å². The van der Waals surface area contributed by atoms with E-state index in [2.05, 4.69) is 16.8 Å². The van der Waals surface area contributed by atoms with Crippen molar-refractivity contribution in [2.24, 2.45) is 0 Å². The standard InChI is InChI=1S/C17H20N2O2/c1-2-13-8-5-6-10-19(13)16-14-9-4-3-7-12(14)11-15(18-16)17(20)21/h3-4,7,9,11,13H,2,5-6,8,10H2,1H3,(H,20,21). The smallest absolute Gasteiger partial charge is 0.354 e. The van der Waals surface area contributed by atoms with Crippen LogP contribution < -0.4 is 4.90 Å². The molecule has 1 aliphatic rings. The molecular weight excluding hydrogens is 264 g/mol. The van der Waals surface area contributed by atoms with Gasteiger partial charge in [-0.05, 0) is 37.1 Å². The molecule has 1 aromatic heterocycles. The van der Waals surface area contributed by atoms with Crippen LogP contribution in [-0.2, 0) is 0 Å². The molecule has 1 aliphatic heterocycles. The van der Waals surface area contributed by atoms with E-state index in [-0.39, 0.29) is 5.69 Å². The van der Waals surface area contributed by atoms with Crippen molar-refractivity contribution in [2.75, 3.05) is 11.4 Å². The lowest BCUT2D eigenvalue weighted by Crippen LogP contribution is -2.40. The Balaban J connectivity index is 2.17. The third kappa shape index (κ3) is 2.58. The molecule has 1 saturated heterocycles. The Morgan fingerprint density at radius 1 is 1.38 bits per heavy atom. The highest BCUT2D eigenvalue weighted by Gasteiger charge is 2.24. The van der Waals surface area contributed by atoms with Crippen LogP contribution in [0.3, 0.4) is 0 Å². The highest BCUT2D eigenvalue weighted by atomic mass is 16.4. The minimum Gasteiger partial charge on any atom is -0.477 e. The lowest BCUT2D eigenvalue weighted by atomic mass is 9.99. The minimum atomic E-state index is -0.966. The monoisotopic (exact) mass is 284 g/mol. The van der Waals surface area contributed by atoms with Crippen molar-refractivity contribution in [1.29, 1.82) is 0 Å². The molecule has 4 heteroatoms. The maximum absolute atomic E-state index is 11.3. The van der Waals surface area contributed by atoms with Gasteiger partial charge in [0.1, 0.15) is 5.82 Å². The number of pyridine rings is 1. The Hall–Kier alpha value is -2.10. The molecule has 4 nitrogen and oxygen atoms in total. The second-order valence-corrected chi connectivity index (χ2v) is 5.61. The van der Waals surface area contributed by atoms with Crippen molar-refractivity contribution in [3.8, 4) is 0 Å². The van der Waals surface area contributed by atoms with Crippen molar-refractivity contribution in [1.82, 2.24) is 4.98 Å². The Labute approximate surface area is 124 Å². The van der Waals surface area contributed by atoms with E-state index in [1.165, 1.54) is 6.42 Å². The van der Waals surface area contributed by atoms with Crippen LogP contribution in [-0.4, -0.2) is 28.6 Å². The molecule has 21 heavy (non-hydrogen) atoms. The molecule has 0 bridgehead atoms. The van der Waals surface area contributed by atoms with Gasteiger partial charge < -0.3 is 10.0 Å². The largest absolute Gasteiger partial charge is 0.477 e. The Bertz CT molecular complexity index is 669. The van der Waals surface area contributed by atoms with E-state index in [0.717, 1.165) is 42.4 Å². The van der Waals surface area contributed by atoms with Crippen molar-refractivity contribution in [2.45, 2.75) is 38.6 Å². The van der Waals surface area contributed by atoms with Crippen molar-refractivity contribution < 1.29 is 9.90 Å². The van der Waals surface area contributed by atoms with Gasteiger partial charge in [0, 0.05) is 18.0 Å². The molecule has 1 unspecified atom stereocenters. The maximum Gasteiger partial charge on any atom is 0.354 e. The first-order chi connectivity index (χ1) is 10.2. The number of piperidine rings is 1. The number of nitrogens with zero attached hydrogens (tertiary/aromatic N) is 2. The SMILES string of the molecule is CCC1CCCCN1c1nc(C(=O)O)cc2ccccc12. The van der Waals surface area contributed by atoms with E-state index in [1.807, 2.05) is 24.3 Å². The van der Waals surface area contributed by atoms with Crippen LogP contribution in [0.25, 0.3) is 10.8 Å². The van der Waals surface area contributed by atoms with Crippen LogP contribution in [0.4, 0.5) is 5.82 Å². The number of anilines is 1. The fraction of sp³-hybridized carbons (Fsp3) is 0.412. The summed E-state index contributed by atoms with van der Waals surface area (Å²) in [5.41, 5.74) is 0.129. The van der Waals surface area contributed by atoms with Gasteiger partial charge in [-0.1, -0.05) is 31.2 Å². The number of hydrogen-bond acceptors (Lipinski definition) is 3. The first-order valence-corrected chi connectivity index (χ1v) is 7.60. The zero-order chi connectivity index (χ0) is 14.8. The Kier molecular flexibility index (Phi) is 3.78. The van der Waals surface area contributed by atoms with E-state index in [4.69, 9.17) is 0 Å². The Morgan fingerprint density at radius 3 is 2.95 bits per heavy atom. The fourth-order valence-corrected chi connectivity index (χ4v) is 3.21. The first-order valence-electron chi connectivity index (χ1n) is 7.60. The summed E-state index contributed by atoms with van der Waals surface area (Å²) in [6.07, 6.45) is 4.60. The highest BCUT2D eigenvalue weighted by molar-refractivity contribution is 5.98. The van der Waals surface area contributed by atoms with Crippen molar-refractivity contribution in [3.63, 3.8) is 0 Å². The highest BCUT2D eigenvalue weighted by Crippen LogP contribution is 2.31. The topological polar surface area (TPSA) is 53.4 Å². The zero-order valence-corrected chi connectivity index (χ0v) is 12.2. The number of aromatic nitrogens is 1. The second kappa shape index (κ2) is 5.72. The lowest BCUT2D eigenvalue weighted by Gasteiger charge is -2.37. The fourth-order valence-electron chi connectivity index (χ4n) is 3.21. The molecule has 1 fully saturated rings. The van der Waals surface area contributed by atoms with E-state index in [1.54, 1.807) is 6.07 Å². The van der Waals surface area contributed by atoms with Crippen LogP contribution in [0, 0.1) is 0 Å². The molecule has 0 spiro atoms. The summed E-state index contributed by atoms with van der Waals surface area (Å²) in [4.78, 5) is 18.1. The molecule has 0 amide bonds. The van der Waals surface area contributed by atoms with Gasteiger partial charge in [-0.3, -0.25) is 0 Å². The number of aromatic carboxylic acids is 1. The summed E-state index contributed by atoms with van der Waals surface area (Å²) in [6.45, 7) is 3.14. The number of hydrogen-bond donors (Lipinski definition) is 1. The summed E-state index contributed by atoms with van der Waals surface area (Å²) < 4.78 is 0. The van der Waals surface area contributed by atoms with E-state index < -0.39 is 5.97 Å². The second-order valence-electron chi connectivity index (χ2n) is 5.61. The van der Waals surface area contributed by atoms with E-state index in [9.17, 15) is 9.90 Å². The van der Waals surface area contributed by atoms with Crippen LogP contribution in [0.15, 0.2) is 30.3 Å². The van der Waals surface area contributed by atoms with Gasteiger partial charge >= 0.3 is 5.97 Å². The van der Waals surface area contributed by atoms with Crippen LogP contribution >= 0.6 is 0 Å². The molecule has 1 aromatic carbocycles. The number of fused-ring (bicyclic) bond motifs is 1. The van der Waals surface area contributed by atoms with Crippen LogP contribution in [0.5, 0.6) is 0 Å². The third-order valence-electron chi connectivity index (χ3n) is 4.31. The molecule has 0 radical (unpaired) electrons. The predicted molar refractivity (Wildman–Crippen MR) is 84.0 cm³/mol. The number of carbonyl (C=O) groups is 1.